The van der Waals surface area contributed by atoms with E-state index in [1.165, 1.54) is 51.4 Å². The number of aliphatic carboxylic acids is 1. The van der Waals surface area contributed by atoms with Gasteiger partial charge in [0, 0.05) is 13.0 Å². The van der Waals surface area contributed by atoms with Gasteiger partial charge in [0.1, 0.15) is 0 Å². The maximum absolute atomic E-state index is 10.4. The Morgan fingerprint density at radius 3 is 1.66 bits per heavy atom. The van der Waals surface area contributed by atoms with Crippen molar-refractivity contribution in [1.29, 1.82) is 0 Å². The first kappa shape index (κ1) is 28.4. The molecule has 0 aromatic carbocycles. The lowest BCUT2D eigenvalue weighted by molar-refractivity contribution is -0.137. The normalized spacial score (nSPS) is 14.6. The predicted molar refractivity (Wildman–Crippen MR) is 120 cm³/mol. The largest absolute Gasteiger partial charge is 0.481 e. The first-order valence-electron chi connectivity index (χ1n) is 12.0. The Bertz CT molecular complexity index is 361. The lowest BCUT2D eigenvalue weighted by atomic mass is 10.0. The Hall–Kier alpha value is -0.650. The summed E-state index contributed by atoms with van der Waals surface area (Å²) < 4.78 is 17.3. The van der Waals surface area contributed by atoms with Gasteiger partial charge in [0.15, 0.2) is 0 Å². The van der Waals surface area contributed by atoms with Crippen LogP contribution in [-0.2, 0) is 19.0 Å². The minimum Gasteiger partial charge on any atom is -0.481 e. The van der Waals surface area contributed by atoms with Crippen molar-refractivity contribution in [1.82, 2.24) is 0 Å². The van der Waals surface area contributed by atoms with E-state index in [-0.39, 0.29) is 12.2 Å². The van der Waals surface area contributed by atoms with Crippen LogP contribution in [0.4, 0.5) is 0 Å². The molecule has 0 aliphatic rings. The van der Waals surface area contributed by atoms with Crippen LogP contribution in [0.3, 0.4) is 0 Å². The molecule has 0 aliphatic heterocycles. The van der Waals surface area contributed by atoms with Crippen molar-refractivity contribution in [2.24, 2.45) is 0 Å². The Labute approximate surface area is 179 Å². The highest BCUT2D eigenvalue weighted by Crippen LogP contribution is 2.13. The lowest BCUT2D eigenvalue weighted by Gasteiger charge is -2.20. The molecule has 174 valence electrons. The smallest absolute Gasteiger partial charge is 0.303 e. The molecule has 0 fully saturated rings. The predicted octanol–water partition coefficient (Wildman–Crippen LogP) is 6.38. The molecule has 0 amide bonds. The fourth-order valence-corrected chi connectivity index (χ4v) is 3.22. The summed E-state index contributed by atoms with van der Waals surface area (Å²) in [7, 11) is 0. The van der Waals surface area contributed by atoms with Gasteiger partial charge in [-0.25, -0.2) is 0 Å². The Kier molecular flexibility index (Phi) is 20.2. The van der Waals surface area contributed by atoms with Crippen LogP contribution >= 0.6 is 0 Å². The van der Waals surface area contributed by atoms with E-state index >= 15 is 0 Å². The van der Waals surface area contributed by atoms with Gasteiger partial charge in [-0.3, -0.25) is 4.79 Å². The van der Waals surface area contributed by atoms with Crippen LogP contribution in [0.5, 0.6) is 0 Å². The van der Waals surface area contributed by atoms with E-state index in [0.717, 1.165) is 32.3 Å². The Balaban J connectivity index is 3.36. The summed E-state index contributed by atoms with van der Waals surface area (Å²) >= 11 is 0. The van der Waals surface area contributed by atoms with E-state index in [2.05, 4.69) is 20.8 Å². The molecular weight excluding hydrogens is 368 g/mol. The monoisotopic (exact) mass is 416 g/mol. The fraction of sp³-hybridized carbons (Fsp3) is 0.958. The molecule has 0 radical (unpaired) electrons. The molecule has 0 aromatic rings. The van der Waals surface area contributed by atoms with Crippen LogP contribution in [-0.4, -0.2) is 49.2 Å². The number of carboxylic acid groups (broad SMARTS) is 1. The minimum atomic E-state index is -0.671. The average molecular weight is 417 g/mol. The van der Waals surface area contributed by atoms with Crippen LogP contribution in [0.1, 0.15) is 111 Å². The summed E-state index contributed by atoms with van der Waals surface area (Å²) in [6.07, 6.45) is 15.0. The first-order valence-corrected chi connectivity index (χ1v) is 12.0. The Morgan fingerprint density at radius 1 is 0.690 bits per heavy atom. The Morgan fingerprint density at radius 2 is 1.14 bits per heavy atom. The van der Waals surface area contributed by atoms with Gasteiger partial charge in [0.25, 0.3) is 0 Å². The number of carboxylic acids is 1. The van der Waals surface area contributed by atoms with Crippen molar-refractivity contribution in [3.63, 3.8) is 0 Å². The van der Waals surface area contributed by atoms with Gasteiger partial charge in [-0.05, 0) is 40.0 Å². The van der Waals surface area contributed by atoms with Gasteiger partial charge in [0.05, 0.1) is 31.5 Å². The highest BCUT2D eigenvalue weighted by molar-refractivity contribution is 5.66. The number of rotatable bonds is 22. The molecule has 0 aromatic heterocycles. The first-order chi connectivity index (χ1) is 14.0. The SMILES string of the molecule is CCCOC(C)COC(C)COC(C)CCCCCCCCCCCCC(=O)O. The van der Waals surface area contributed by atoms with Gasteiger partial charge in [0.2, 0.25) is 0 Å². The van der Waals surface area contributed by atoms with E-state index in [1.807, 2.05) is 6.92 Å². The van der Waals surface area contributed by atoms with Gasteiger partial charge in [-0.1, -0.05) is 64.7 Å². The van der Waals surface area contributed by atoms with Gasteiger partial charge in [-0.15, -0.1) is 0 Å². The molecule has 0 heterocycles. The molecule has 5 heteroatoms. The maximum atomic E-state index is 10.4. The van der Waals surface area contributed by atoms with Crippen LogP contribution in [0.25, 0.3) is 0 Å². The molecule has 3 atom stereocenters. The van der Waals surface area contributed by atoms with Crippen LogP contribution in [0.15, 0.2) is 0 Å². The van der Waals surface area contributed by atoms with Crippen molar-refractivity contribution in [3.05, 3.63) is 0 Å². The summed E-state index contributed by atoms with van der Waals surface area (Å²) in [5, 5.41) is 8.59. The third-order valence-electron chi connectivity index (χ3n) is 5.09. The van der Waals surface area contributed by atoms with E-state index in [1.54, 1.807) is 0 Å². The standard InChI is InChI=1S/C24H48O5/c1-5-18-27-22(3)19-29-23(4)20-28-21(2)16-14-12-10-8-6-7-9-11-13-15-17-24(25)26/h21-23H,5-20H2,1-4H3,(H,25,26). The summed E-state index contributed by atoms with van der Waals surface area (Å²) in [6.45, 7) is 10.4. The van der Waals surface area contributed by atoms with Crippen molar-refractivity contribution in [3.8, 4) is 0 Å². The van der Waals surface area contributed by atoms with Crippen LogP contribution < -0.4 is 0 Å². The van der Waals surface area contributed by atoms with Crippen molar-refractivity contribution in [2.45, 2.75) is 129 Å². The second kappa shape index (κ2) is 20.6. The van der Waals surface area contributed by atoms with Crippen LogP contribution in [0.2, 0.25) is 0 Å². The second-order valence-corrected chi connectivity index (χ2v) is 8.44. The van der Waals surface area contributed by atoms with E-state index in [4.69, 9.17) is 19.3 Å². The third-order valence-corrected chi connectivity index (χ3v) is 5.09. The number of unbranched alkanes of at least 4 members (excludes halogenated alkanes) is 9. The zero-order valence-electron chi connectivity index (χ0n) is 19.6. The van der Waals surface area contributed by atoms with E-state index < -0.39 is 5.97 Å². The topological polar surface area (TPSA) is 65.0 Å². The minimum absolute atomic E-state index is 0.106. The molecule has 5 nitrogen and oxygen atoms in total. The van der Waals surface area contributed by atoms with Gasteiger partial charge >= 0.3 is 5.97 Å². The summed E-state index contributed by atoms with van der Waals surface area (Å²) in [4.78, 5) is 10.4. The molecular formula is C24H48O5. The quantitative estimate of drug-likeness (QED) is 0.207. The number of carbonyl (C=O) groups is 1. The van der Waals surface area contributed by atoms with Crippen LogP contribution in [0, 0.1) is 0 Å². The second-order valence-electron chi connectivity index (χ2n) is 8.44. The lowest BCUT2D eigenvalue weighted by Crippen LogP contribution is -2.25. The third kappa shape index (κ3) is 21.9. The maximum Gasteiger partial charge on any atom is 0.303 e. The van der Waals surface area contributed by atoms with Crippen molar-refractivity contribution in [2.75, 3.05) is 19.8 Å². The molecule has 0 saturated heterocycles. The van der Waals surface area contributed by atoms with Gasteiger partial charge < -0.3 is 19.3 Å². The molecule has 0 bridgehead atoms. The highest BCUT2D eigenvalue weighted by Gasteiger charge is 2.09. The average Bonchev–Trinajstić information content (AvgIpc) is 2.69. The molecule has 0 rings (SSSR count). The zero-order valence-corrected chi connectivity index (χ0v) is 19.6. The van der Waals surface area contributed by atoms with E-state index in [9.17, 15) is 4.79 Å². The molecule has 3 unspecified atom stereocenters. The molecule has 0 aliphatic carbocycles. The van der Waals surface area contributed by atoms with Gasteiger partial charge in [-0.2, -0.15) is 0 Å². The summed E-state index contributed by atoms with van der Waals surface area (Å²) in [6, 6.07) is 0. The number of hydrogen-bond acceptors (Lipinski definition) is 4. The zero-order chi connectivity index (χ0) is 21.7. The molecule has 29 heavy (non-hydrogen) atoms. The number of hydrogen-bond donors (Lipinski definition) is 1. The number of ether oxygens (including phenoxy) is 3. The van der Waals surface area contributed by atoms with E-state index in [0.29, 0.717) is 25.7 Å². The fourth-order valence-electron chi connectivity index (χ4n) is 3.22. The molecule has 1 N–H and O–H groups in total. The summed E-state index contributed by atoms with van der Waals surface area (Å²) in [5.41, 5.74) is 0. The molecule has 0 saturated carbocycles. The van der Waals surface area contributed by atoms with Crippen molar-refractivity contribution < 1.29 is 24.1 Å². The van der Waals surface area contributed by atoms with Crippen molar-refractivity contribution >= 4 is 5.97 Å². The molecule has 0 spiro atoms. The summed E-state index contributed by atoms with van der Waals surface area (Å²) in [5.74, 6) is -0.671. The highest BCUT2D eigenvalue weighted by atomic mass is 16.6.